The zero-order chi connectivity index (χ0) is 14.2. The van der Waals surface area contributed by atoms with Gasteiger partial charge < -0.3 is 0 Å². The number of hydrogen-bond acceptors (Lipinski definition) is 3. The van der Waals surface area contributed by atoms with Crippen LogP contribution in [-0.2, 0) is 13.2 Å². The van der Waals surface area contributed by atoms with E-state index in [1.54, 1.807) is 0 Å². The van der Waals surface area contributed by atoms with Crippen LogP contribution in [0.1, 0.15) is 21.7 Å². The van der Waals surface area contributed by atoms with E-state index in [0.717, 1.165) is 12.1 Å². The van der Waals surface area contributed by atoms with Crippen molar-refractivity contribution in [1.29, 1.82) is 0 Å². The largest absolute Gasteiger partial charge is 0.417 e. The summed E-state index contributed by atoms with van der Waals surface area (Å²) in [7, 11) is 1.50. The molecule has 2 aromatic rings. The first kappa shape index (κ1) is 13.5. The van der Waals surface area contributed by atoms with E-state index in [9.17, 15) is 18.0 Å². The van der Waals surface area contributed by atoms with Gasteiger partial charge in [-0.3, -0.25) is 14.5 Å². The van der Waals surface area contributed by atoms with Gasteiger partial charge in [0.1, 0.15) is 11.4 Å². The van der Waals surface area contributed by atoms with Gasteiger partial charge in [-0.25, -0.2) is 0 Å². The Kier molecular flexibility index (Phi) is 3.32. The van der Waals surface area contributed by atoms with Gasteiger partial charge in [-0.15, -0.1) is 0 Å². The van der Waals surface area contributed by atoms with Crippen LogP contribution in [0.25, 0.3) is 0 Å². The quantitative estimate of drug-likeness (QED) is 0.799. The number of hydrogen-bond donors (Lipinski definition) is 0. The molecule has 0 saturated heterocycles. The Morgan fingerprint density at radius 1 is 1.32 bits per heavy atom. The number of carbonyl (C=O) groups is 1. The van der Waals surface area contributed by atoms with Crippen LogP contribution < -0.4 is 0 Å². The van der Waals surface area contributed by atoms with Crippen molar-refractivity contribution < 1.29 is 18.0 Å². The summed E-state index contributed by atoms with van der Waals surface area (Å²) in [6, 6.07) is 1.80. The van der Waals surface area contributed by atoms with Gasteiger partial charge >= 0.3 is 6.18 Å². The molecule has 4 nitrogen and oxygen atoms in total. The molecule has 0 fully saturated rings. The van der Waals surface area contributed by atoms with Crippen LogP contribution in [0.5, 0.6) is 0 Å². The zero-order valence-electron chi connectivity index (χ0n) is 9.57. The Bertz CT molecular complexity index is 600. The van der Waals surface area contributed by atoms with Crippen molar-refractivity contribution in [2.24, 2.45) is 7.05 Å². The second kappa shape index (κ2) is 4.65. The first-order chi connectivity index (χ1) is 8.80. The third-order valence-corrected chi connectivity index (χ3v) is 2.71. The predicted molar refractivity (Wildman–Crippen MR) is 60.9 cm³/mol. The normalized spacial score (nSPS) is 11.6. The molecule has 0 spiro atoms. The number of nitrogens with zero attached hydrogens (tertiary/aromatic N) is 3. The van der Waals surface area contributed by atoms with E-state index in [0.29, 0.717) is 6.20 Å². The summed E-state index contributed by atoms with van der Waals surface area (Å²) < 4.78 is 38.3. The molecule has 19 heavy (non-hydrogen) atoms. The number of alkyl halides is 3. The first-order valence-electron chi connectivity index (χ1n) is 5.06. The van der Waals surface area contributed by atoms with E-state index >= 15 is 0 Å². The number of rotatable bonds is 2. The van der Waals surface area contributed by atoms with Crippen molar-refractivity contribution in [2.45, 2.75) is 6.18 Å². The molecule has 0 atom stereocenters. The zero-order valence-corrected chi connectivity index (χ0v) is 10.3. The smallest absolute Gasteiger partial charge is 0.285 e. The van der Waals surface area contributed by atoms with E-state index in [4.69, 9.17) is 11.6 Å². The van der Waals surface area contributed by atoms with Gasteiger partial charge in [0, 0.05) is 13.2 Å². The topological polar surface area (TPSA) is 47.8 Å². The van der Waals surface area contributed by atoms with Crippen LogP contribution in [0.3, 0.4) is 0 Å². The van der Waals surface area contributed by atoms with Crippen molar-refractivity contribution >= 4 is 17.4 Å². The Morgan fingerprint density at radius 3 is 2.42 bits per heavy atom. The summed E-state index contributed by atoms with van der Waals surface area (Å²) in [5.41, 5.74) is -0.965. The van der Waals surface area contributed by atoms with Gasteiger partial charge in [-0.05, 0) is 12.1 Å². The molecule has 8 heteroatoms. The molecule has 0 amide bonds. The van der Waals surface area contributed by atoms with Crippen LogP contribution in [-0.4, -0.2) is 20.5 Å². The summed E-state index contributed by atoms with van der Waals surface area (Å²) in [6.45, 7) is 0. The lowest BCUT2D eigenvalue weighted by molar-refractivity contribution is -0.137. The van der Waals surface area contributed by atoms with Crippen LogP contribution in [0, 0.1) is 0 Å². The highest BCUT2D eigenvalue weighted by Crippen LogP contribution is 2.28. The van der Waals surface area contributed by atoms with Gasteiger partial charge in [0.25, 0.3) is 0 Å². The fourth-order valence-electron chi connectivity index (χ4n) is 1.48. The van der Waals surface area contributed by atoms with Crippen LogP contribution in [0.4, 0.5) is 13.2 Å². The van der Waals surface area contributed by atoms with E-state index in [1.807, 2.05) is 0 Å². The molecule has 0 aromatic carbocycles. The predicted octanol–water partition coefficient (Wildman–Crippen LogP) is 2.72. The number of pyridine rings is 1. The molecule has 0 N–H and O–H groups in total. The molecule has 0 saturated carbocycles. The minimum absolute atomic E-state index is 0.0777. The summed E-state index contributed by atoms with van der Waals surface area (Å²) in [5, 5.41) is 3.90. The average molecular weight is 290 g/mol. The van der Waals surface area contributed by atoms with Crippen molar-refractivity contribution in [1.82, 2.24) is 14.8 Å². The molecule has 0 aliphatic rings. The molecule has 100 valence electrons. The Balaban J connectivity index is 2.36. The number of carbonyl (C=O) groups excluding carboxylic acids is 1. The summed E-state index contributed by atoms with van der Waals surface area (Å²) in [5.74, 6) is -0.585. The third kappa shape index (κ3) is 2.60. The van der Waals surface area contributed by atoms with Crippen LogP contribution in [0.2, 0.25) is 5.02 Å². The maximum atomic E-state index is 12.4. The minimum atomic E-state index is -4.49. The number of ketones is 1. The van der Waals surface area contributed by atoms with Crippen molar-refractivity contribution in [3.63, 3.8) is 0 Å². The van der Waals surface area contributed by atoms with Crippen LogP contribution in [0.15, 0.2) is 24.5 Å². The fraction of sp³-hybridized carbons (Fsp3) is 0.182. The standard InChI is InChI=1S/C11H7ClF3N3O/c1-18-9(7(12)5-17-18)10(19)8-3-2-6(4-16-8)11(13,14)15/h2-5H,1H3. The molecule has 0 unspecified atom stereocenters. The summed E-state index contributed by atoms with van der Waals surface area (Å²) in [4.78, 5) is 15.5. The van der Waals surface area contributed by atoms with Gasteiger partial charge in [0.15, 0.2) is 0 Å². The van der Waals surface area contributed by atoms with Gasteiger partial charge in [0.05, 0.1) is 16.8 Å². The van der Waals surface area contributed by atoms with E-state index in [1.165, 1.54) is 17.9 Å². The van der Waals surface area contributed by atoms with Crippen molar-refractivity contribution in [3.05, 3.63) is 46.5 Å². The highest BCUT2D eigenvalue weighted by atomic mass is 35.5. The first-order valence-corrected chi connectivity index (χ1v) is 5.44. The molecular formula is C11H7ClF3N3O. The van der Waals surface area contributed by atoms with E-state index in [2.05, 4.69) is 10.1 Å². The lowest BCUT2D eigenvalue weighted by Crippen LogP contribution is -2.12. The van der Waals surface area contributed by atoms with Gasteiger partial charge in [-0.1, -0.05) is 11.6 Å². The summed E-state index contributed by atoms with van der Waals surface area (Å²) >= 11 is 5.78. The number of halogens is 4. The summed E-state index contributed by atoms with van der Waals surface area (Å²) in [6.07, 6.45) is -2.60. The molecule has 0 bridgehead atoms. The van der Waals surface area contributed by atoms with Crippen LogP contribution >= 0.6 is 11.6 Å². The minimum Gasteiger partial charge on any atom is -0.285 e. The monoisotopic (exact) mass is 289 g/mol. The third-order valence-electron chi connectivity index (χ3n) is 2.43. The SMILES string of the molecule is Cn1ncc(Cl)c1C(=O)c1ccc(C(F)(F)F)cn1. The van der Waals surface area contributed by atoms with E-state index < -0.39 is 17.5 Å². The molecular weight excluding hydrogens is 283 g/mol. The molecule has 2 heterocycles. The second-order valence-corrected chi connectivity index (χ2v) is 4.13. The number of aromatic nitrogens is 3. The molecule has 0 aliphatic heterocycles. The highest BCUT2D eigenvalue weighted by Gasteiger charge is 2.31. The van der Waals surface area contributed by atoms with E-state index in [-0.39, 0.29) is 16.4 Å². The average Bonchev–Trinajstić information content (AvgIpc) is 2.67. The van der Waals surface area contributed by atoms with Crippen molar-refractivity contribution in [3.8, 4) is 0 Å². The van der Waals surface area contributed by atoms with Crippen molar-refractivity contribution in [2.75, 3.05) is 0 Å². The molecule has 2 aromatic heterocycles. The molecule has 0 aliphatic carbocycles. The lowest BCUT2D eigenvalue weighted by atomic mass is 10.1. The Labute approximate surface area is 110 Å². The fourth-order valence-corrected chi connectivity index (χ4v) is 1.74. The Hall–Kier alpha value is -1.89. The maximum absolute atomic E-state index is 12.4. The maximum Gasteiger partial charge on any atom is 0.417 e. The second-order valence-electron chi connectivity index (χ2n) is 3.72. The lowest BCUT2D eigenvalue weighted by Gasteiger charge is -2.06. The molecule has 0 radical (unpaired) electrons. The van der Waals surface area contributed by atoms with Gasteiger partial charge in [0.2, 0.25) is 5.78 Å². The highest BCUT2D eigenvalue weighted by molar-refractivity contribution is 6.34. The Morgan fingerprint density at radius 2 is 2.00 bits per heavy atom. The van der Waals surface area contributed by atoms with Gasteiger partial charge in [-0.2, -0.15) is 18.3 Å². The number of aryl methyl sites for hydroxylation is 1. The molecule has 2 rings (SSSR count).